The van der Waals surface area contributed by atoms with E-state index < -0.39 is 5.91 Å². The number of hydrogen-bond donors (Lipinski definition) is 5. The van der Waals surface area contributed by atoms with Crippen LogP contribution >= 0.6 is 0 Å². The maximum Gasteiger partial charge on any atom is 0.272 e. The van der Waals surface area contributed by atoms with Gasteiger partial charge in [0.1, 0.15) is 17.2 Å². The molecule has 0 aliphatic rings. The molecule has 5 aromatic rings. The van der Waals surface area contributed by atoms with E-state index in [9.17, 15) is 14.4 Å². The van der Waals surface area contributed by atoms with Gasteiger partial charge in [-0.25, -0.2) is 0 Å². The zero-order chi connectivity index (χ0) is 32.6. The Hall–Kier alpha value is -6.01. The number of aromatic nitrogens is 3. The summed E-state index contributed by atoms with van der Waals surface area (Å²) in [6, 6.07) is 20.4. The lowest BCUT2D eigenvalue weighted by atomic mass is 10.1. The number of pyridine rings is 1. The molecule has 12 nitrogen and oxygen atoms in total. The highest BCUT2D eigenvalue weighted by atomic mass is 16.6. The SMILES string of the molecule is CONC(=N)CCNC(=O)c1cc(NC(=O)c2cc(NC(=O)c3ccc(/C=C/c4cnc5ccccc5c4)cc3)cn2C)cn1C. The van der Waals surface area contributed by atoms with E-state index in [-0.39, 0.29) is 30.6 Å². The van der Waals surface area contributed by atoms with Crippen molar-refractivity contribution >= 4 is 58.0 Å². The summed E-state index contributed by atoms with van der Waals surface area (Å²) >= 11 is 0. The number of aryl methyl sites for hydroxylation is 2. The van der Waals surface area contributed by atoms with Gasteiger partial charge in [-0.3, -0.25) is 35.1 Å². The van der Waals surface area contributed by atoms with Crippen LogP contribution in [-0.2, 0) is 18.9 Å². The number of amides is 3. The van der Waals surface area contributed by atoms with Crippen LogP contribution < -0.4 is 21.4 Å². The second-order valence-corrected chi connectivity index (χ2v) is 10.6. The first-order chi connectivity index (χ1) is 22.2. The van der Waals surface area contributed by atoms with Crippen LogP contribution in [0, 0.1) is 5.41 Å². The number of rotatable bonds is 11. The summed E-state index contributed by atoms with van der Waals surface area (Å²) in [5, 5.41) is 17.1. The molecule has 0 aliphatic carbocycles. The average Bonchev–Trinajstić information content (AvgIpc) is 3.60. The van der Waals surface area contributed by atoms with Gasteiger partial charge in [-0.05, 0) is 47.5 Å². The van der Waals surface area contributed by atoms with Crippen LogP contribution in [0.15, 0.2) is 85.3 Å². The molecular formula is C34H34N8O4. The molecule has 3 amide bonds. The Balaban J connectivity index is 1.16. The normalized spacial score (nSPS) is 11.0. The fourth-order valence-electron chi connectivity index (χ4n) is 4.80. The lowest BCUT2D eigenvalue weighted by Gasteiger charge is -2.07. The molecule has 0 radical (unpaired) electrons. The fourth-order valence-corrected chi connectivity index (χ4v) is 4.80. The summed E-state index contributed by atoms with van der Waals surface area (Å²) in [6.07, 6.45) is 9.32. The first-order valence-corrected chi connectivity index (χ1v) is 14.4. The molecule has 46 heavy (non-hydrogen) atoms. The summed E-state index contributed by atoms with van der Waals surface area (Å²) in [5.74, 6) is -0.919. The number of carbonyl (C=O) groups is 3. The fraction of sp³-hybridized carbons (Fsp3) is 0.147. The molecule has 0 atom stereocenters. The van der Waals surface area contributed by atoms with Gasteiger partial charge in [-0.15, -0.1) is 0 Å². The maximum absolute atomic E-state index is 13.1. The van der Waals surface area contributed by atoms with E-state index in [0.29, 0.717) is 28.3 Å². The summed E-state index contributed by atoms with van der Waals surface area (Å²) in [4.78, 5) is 47.7. The van der Waals surface area contributed by atoms with Gasteiger partial charge >= 0.3 is 0 Å². The summed E-state index contributed by atoms with van der Waals surface area (Å²) in [6.45, 7) is 0.240. The van der Waals surface area contributed by atoms with Crippen molar-refractivity contribution in [3.05, 3.63) is 113 Å². The first kappa shape index (κ1) is 31.4. The minimum atomic E-state index is -0.405. The number of fused-ring (bicyclic) bond motifs is 1. The smallest absolute Gasteiger partial charge is 0.272 e. The largest absolute Gasteiger partial charge is 0.350 e. The molecule has 0 unspecified atom stereocenters. The lowest BCUT2D eigenvalue weighted by Crippen LogP contribution is -2.30. The number of nitrogens with zero attached hydrogens (tertiary/aromatic N) is 3. The Morgan fingerprint density at radius 1 is 0.826 bits per heavy atom. The Morgan fingerprint density at radius 3 is 2.15 bits per heavy atom. The molecule has 234 valence electrons. The van der Waals surface area contributed by atoms with Gasteiger partial charge in [0.2, 0.25) is 0 Å². The standard InChI is InChI=1S/C34H34N8O4/c1-41-21-27(17-29(41)33(44)36-15-14-31(35)40-46-3)39-34(45)30-18-26(20-42(30)2)38-32(43)24-12-10-22(11-13-24)8-9-23-16-25-6-4-5-7-28(25)37-19-23/h4-13,16-21H,14-15H2,1-3H3,(H2,35,40)(H,36,44)(H,38,43)(H,39,45)/b9-8+. The van der Waals surface area contributed by atoms with E-state index >= 15 is 0 Å². The molecule has 0 bridgehead atoms. The van der Waals surface area contributed by atoms with Gasteiger partial charge in [0.05, 0.1) is 24.0 Å². The molecule has 3 aromatic heterocycles. The van der Waals surface area contributed by atoms with Crippen molar-refractivity contribution in [2.45, 2.75) is 6.42 Å². The van der Waals surface area contributed by atoms with Crippen LogP contribution in [0.5, 0.6) is 0 Å². The number of carbonyl (C=O) groups excluding carboxylic acids is 3. The zero-order valence-corrected chi connectivity index (χ0v) is 25.6. The predicted octanol–water partition coefficient (Wildman–Crippen LogP) is 4.83. The summed E-state index contributed by atoms with van der Waals surface area (Å²) in [5.41, 5.74) is 7.29. The first-order valence-electron chi connectivity index (χ1n) is 14.4. The van der Waals surface area contributed by atoms with E-state index in [1.165, 1.54) is 7.11 Å². The minimum absolute atomic E-state index is 0.137. The van der Waals surface area contributed by atoms with Gasteiger partial charge in [0.25, 0.3) is 17.7 Å². The monoisotopic (exact) mass is 618 g/mol. The van der Waals surface area contributed by atoms with Crippen LogP contribution in [-0.4, -0.2) is 51.3 Å². The number of anilines is 2. The third-order valence-electron chi connectivity index (χ3n) is 7.13. The number of para-hydroxylation sites is 1. The lowest BCUT2D eigenvalue weighted by molar-refractivity contribution is 0.0944. The highest BCUT2D eigenvalue weighted by molar-refractivity contribution is 6.07. The van der Waals surface area contributed by atoms with Crippen LogP contribution in [0.1, 0.15) is 48.9 Å². The third-order valence-corrected chi connectivity index (χ3v) is 7.13. The number of nitrogens with one attached hydrogen (secondary N) is 5. The Kier molecular flexibility index (Phi) is 9.69. The molecule has 0 saturated heterocycles. The van der Waals surface area contributed by atoms with Crippen molar-refractivity contribution in [2.24, 2.45) is 14.1 Å². The Labute approximate surface area is 265 Å². The zero-order valence-electron chi connectivity index (χ0n) is 25.6. The van der Waals surface area contributed by atoms with E-state index in [2.05, 4.69) is 37.3 Å². The van der Waals surface area contributed by atoms with Crippen molar-refractivity contribution in [3.8, 4) is 0 Å². The van der Waals surface area contributed by atoms with Crippen LogP contribution in [0.4, 0.5) is 11.4 Å². The summed E-state index contributed by atoms with van der Waals surface area (Å²) < 4.78 is 3.21. The molecule has 0 saturated carbocycles. The molecule has 12 heteroatoms. The van der Waals surface area contributed by atoms with Gasteiger partial charge in [-0.2, -0.15) is 0 Å². The van der Waals surface area contributed by atoms with E-state index in [1.807, 2.05) is 54.7 Å². The van der Waals surface area contributed by atoms with Crippen molar-refractivity contribution < 1.29 is 19.2 Å². The number of amidine groups is 1. The van der Waals surface area contributed by atoms with Gasteiger partial charge in [0, 0.05) is 56.6 Å². The summed E-state index contributed by atoms with van der Waals surface area (Å²) in [7, 11) is 4.81. The number of hydroxylamine groups is 1. The molecule has 3 heterocycles. The van der Waals surface area contributed by atoms with Crippen molar-refractivity contribution in [1.29, 1.82) is 5.41 Å². The highest BCUT2D eigenvalue weighted by Crippen LogP contribution is 2.19. The van der Waals surface area contributed by atoms with Crippen LogP contribution in [0.25, 0.3) is 23.1 Å². The Morgan fingerprint density at radius 2 is 1.46 bits per heavy atom. The van der Waals surface area contributed by atoms with Gasteiger partial charge in [0.15, 0.2) is 0 Å². The average molecular weight is 619 g/mol. The second kappa shape index (κ2) is 14.2. The maximum atomic E-state index is 13.1. The quantitative estimate of drug-likeness (QED) is 0.0811. The molecule has 2 aromatic carbocycles. The molecule has 0 spiro atoms. The van der Waals surface area contributed by atoms with Gasteiger partial charge in [-0.1, -0.05) is 42.5 Å². The van der Waals surface area contributed by atoms with E-state index in [1.54, 1.807) is 59.9 Å². The van der Waals surface area contributed by atoms with Crippen LogP contribution in [0.3, 0.4) is 0 Å². The molecule has 0 fully saturated rings. The Bertz CT molecular complexity index is 1940. The van der Waals surface area contributed by atoms with Crippen molar-refractivity contribution in [2.75, 3.05) is 24.3 Å². The number of benzene rings is 2. The van der Waals surface area contributed by atoms with Crippen LogP contribution in [0.2, 0.25) is 0 Å². The molecule has 5 N–H and O–H groups in total. The topological polar surface area (TPSA) is 155 Å². The van der Waals surface area contributed by atoms with E-state index in [0.717, 1.165) is 22.0 Å². The predicted molar refractivity (Wildman–Crippen MR) is 179 cm³/mol. The highest BCUT2D eigenvalue weighted by Gasteiger charge is 2.17. The second-order valence-electron chi connectivity index (χ2n) is 10.6. The van der Waals surface area contributed by atoms with Gasteiger partial charge < -0.3 is 25.1 Å². The molecule has 5 rings (SSSR count). The molecule has 0 aliphatic heterocycles. The van der Waals surface area contributed by atoms with E-state index in [4.69, 9.17) is 5.41 Å². The third kappa shape index (κ3) is 7.73. The van der Waals surface area contributed by atoms with Crippen molar-refractivity contribution in [1.82, 2.24) is 24.9 Å². The number of hydrogen-bond acceptors (Lipinski definition) is 6. The van der Waals surface area contributed by atoms with Crippen molar-refractivity contribution in [3.63, 3.8) is 0 Å². The minimum Gasteiger partial charge on any atom is -0.350 e. The molecular weight excluding hydrogens is 584 g/mol.